The van der Waals surface area contributed by atoms with Gasteiger partial charge in [0.2, 0.25) is 0 Å². The van der Waals surface area contributed by atoms with Crippen molar-refractivity contribution in [1.29, 1.82) is 0 Å². The molecule has 2 aromatic rings. The van der Waals surface area contributed by atoms with Crippen molar-refractivity contribution in [1.82, 2.24) is 10.2 Å². The van der Waals surface area contributed by atoms with Crippen LogP contribution in [0.4, 0.5) is 5.69 Å². The van der Waals surface area contributed by atoms with E-state index < -0.39 is 10.0 Å². The minimum absolute atomic E-state index is 0.102. The summed E-state index contributed by atoms with van der Waals surface area (Å²) in [7, 11) is -0.167. The Hall–Kier alpha value is -2.38. The van der Waals surface area contributed by atoms with Crippen LogP contribution >= 0.6 is 0 Å². The number of piperidine rings is 1. The maximum Gasteiger partial charge on any atom is 0.264 e. The van der Waals surface area contributed by atoms with E-state index in [9.17, 15) is 13.2 Å². The molecule has 0 bridgehead atoms. The molecule has 0 atom stereocenters. The zero-order valence-corrected chi connectivity index (χ0v) is 16.4. The van der Waals surface area contributed by atoms with Gasteiger partial charge in [-0.15, -0.1) is 0 Å². The van der Waals surface area contributed by atoms with E-state index in [2.05, 4.69) is 17.3 Å². The van der Waals surface area contributed by atoms with E-state index in [4.69, 9.17) is 0 Å². The number of rotatable bonds is 5. The van der Waals surface area contributed by atoms with E-state index >= 15 is 0 Å². The highest BCUT2D eigenvalue weighted by molar-refractivity contribution is 7.92. The fourth-order valence-corrected chi connectivity index (χ4v) is 4.40. The van der Waals surface area contributed by atoms with Crippen molar-refractivity contribution in [2.24, 2.45) is 0 Å². The Bertz CT molecular complexity index is 892. The van der Waals surface area contributed by atoms with E-state index in [0.29, 0.717) is 11.3 Å². The van der Waals surface area contributed by atoms with Crippen LogP contribution in [-0.4, -0.2) is 52.5 Å². The average molecular weight is 388 g/mol. The number of carbonyl (C=O) groups is 1. The minimum Gasteiger partial charge on any atom is -0.349 e. The van der Waals surface area contributed by atoms with Gasteiger partial charge >= 0.3 is 0 Å². The zero-order valence-electron chi connectivity index (χ0n) is 15.6. The van der Waals surface area contributed by atoms with Gasteiger partial charge in [0.1, 0.15) is 0 Å². The smallest absolute Gasteiger partial charge is 0.264 e. The standard InChI is InChI=1S/C20H25N3O3S/c1-22-13-11-17(12-14-22)21-20(24)16-7-6-10-19(15-16)27(25,26)23(2)18-8-4-3-5-9-18/h3-10,15,17H,11-14H2,1-2H3,(H,21,24). The summed E-state index contributed by atoms with van der Waals surface area (Å²) in [6.07, 6.45) is 1.80. The number of likely N-dealkylation sites (tertiary alicyclic amines) is 1. The first-order valence-corrected chi connectivity index (χ1v) is 10.5. The normalized spacial score (nSPS) is 16.1. The molecule has 1 aliphatic rings. The highest BCUT2D eigenvalue weighted by Crippen LogP contribution is 2.22. The van der Waals surface area contributed by atoms with Gasteiger partial charge in [0, 0.05) is 18.7 Å². The number of sulfonamides is 1. The predicted molar refractivity (Wildman–Crippen MR) is 106 cm³/mol. The summed E-state index contributed by atoms with van der Waals surface area (Å²) in [6, 6.07) is 15.2. The summed E-state index contributed by atoms with van der Waals surface area (Å²) < 4.78 is 27.1. The monoisotopic (exact) mass is 387 g/mol. The largest absolute Gasteiger partial charge is 0.349 e. The quantitative estimate of drug-likeness (QED) is 0.855. The van der Waals surface area contributed by atoms with Crippen LogP contribution in [-0.2, 0) is 10.0 Å². The van der Waals surface area contributed by atoms with Crippen molar-refractivity contribution in [2.45, 2.75) is 23.8 Å². The van der Waals surface area contributed by atoms with Crippen molar-refractivity contribution in [2.75, 3.05) is 31.5 Å². The molecular weight excluding hydrogens is 362 g/mol. The molecule has 2 aromatic carbocycles. The van der Waals surface area contributed by atoms with Gasteiger partial charge in [-0.2, -0.15) is 0 Å². The van der Waals surface area contributed by atoms with E-state index in [-0.39, 0.29) is 16.8 Å². The minimum atomic E-state index is -3.74. The molecule has 0 aromatic heterocycles. The third kappa shape index (κ3) is 4.48. The second-order valence-electron chi connectivity index (χ2n) is 6.89. The Kier molecular flexibility index (Phi) is 5.82. The molecule has 7 heteroatoms. The van der Waals surface area contributed by atoms with E-state index in [1.54, 1.807) is 36.4 Å². The first-order valence-electron chi connectivity index (χ1n) is 9.01. The summed E-state index contributed by atoms with van der Waals surface area (Å²) in [4.78, 5) is 14.9. The fraction of sp³-hybridized carbons (Fsp3) is 0.350. The predicted octanol–water partition coefficient (Wildman–Crippen LogP) is 2.34. The zero-order chi connectivity index (χ0) is 19.4. The molecule has 6 nitrogen and oxygen atoms in total. The number of nitrogens with zero attached hydrogens (tertiary/aromatic N) is 2. The van der Waals surface area contributed by atoms with Crippen LogP contribution in [0.3, 0.4) is 0 Å². The van der Waals surface area contributed by atoms with Gasteiger partial charge in [-0.3, -0.25) is 9.10 Å². The van der Waals surface area contributed by atoms with E-state index in [1.165, 1.54) is 23.5 Å². The van der Waals surface area contributed by atoms with Crippen LogP contribution in [0.2, 0.25) is 0 Å². The summed E-state index contributed by atoms with van der Waals surface area (Å²) >= 11 is 0. The third-order valence-electron chi connectivity index (χ3n) is 4.93. The molecule has 1 heterocycles. The van der Waals surface area contributed by atoms with Crippen LogP contribution in [0, 0.1) is 0 Å². The lowest BCUT2D eigenvalue weighted by Crippen LogP contribution is -2.43. The summed E-state index contributed by atoms with van der Waals surface area (Å²) in [5, 5.41) is 3.02. The Morgan fingerprint density at radius 1 is 1.07 bits per heavy atom. The first-order chi connectivity index (χ1) is 12.9. The van der Waals surface area contributed by atoms with Crippen LogP contribution < -0.4 is 9.62 Å². The Labute approximate surface area is 160 Å². The molecule has 0 aliphatic carbocycles. The van der Waals surface area contributed by atoms with Gasteiger partial charge in [-0.25, -0.2) is 8.42 Å². The molecule has 1 fully saturated rings. The maximum absolute atomic E-state index is 12.9. The van der Waals surface area contributed by atoms with Gasteiger partial charge in [0.05, 0.1) is 10.6 Å². The molecule has 3 rings (SSSR count). The summed E-state index contributed by atoms with van der Waals surface area (Å²) in [5.74, 6) is -0.232. The number of para-hydroxylation sites is 1. The number of nitrogens with one attached hydrogen (secondary N) is 1. The Morgan fingerprint density at radius 3 is 2.41 bits per heavy atom. The SMILES string of the molecule is CN1CCC(NC(=O)c2cccc(S(=O)(=O)N(C)c3ccccc3)c2)CC1. The van der Waals surface area contributed by atoms with Gasteiger partial charge in [-0.05, 0) is 63.3 Å². The lowest BCUT2D eigenvalue weighted by Gasteiger charge is -2.29. The van der Waals surface area contributed by atoms with Gasteiger partial charge in [0.15, 0.2) is 0 Å². The molecule has 1 saturated heterocycles. The van der Waals surface area contributed by atoms with Crippen molar-refractivity contribution in [3.63, 3.8) is 0 Å². The Balaban J connectivity index is 1.77. The number of anilines is 1. The molecule has 0 unspecified atom stereocenters. The van der Waals surface area contributed by atoms with Crippen molar-refractivity contribution >= 4 is 21.6 Å². The molecule has 0 spiro atoms. The first kappa shape index (κ1) is 19.4. The van der Waals surface area contributed by atoms with Gasteiger partial charge in [0.25, 0.3) is 15.9 Å². The number of hydrogen-bond acceptors (Lipinski definition) is 4. The molecule has 1 amide bonds. The molecule has 1 N–H and O–H groups in total. The van der Waals surface area contributed by atoms with Gasteiger partial charge < -0.3 is 10.2 Å². The highest BCUT2D eigenvalue weighted by atomic mass is 32.2. The summed E-state index contributed by atoms with van der Waals surface area (Å²) in [6.45, 7) is 1.89. The number of benzene rings is 2. The third-order valence-corrected chi connectivity index (χ3v) is 6.71. The van der Waals surface area contributed by atoms with Crippen molar-refractivity contribution in [3.05, 3.63) is 60.2 Å². The lowest BCUT2D eigenvalue weighted by atomic mass is 10.0. The average Bonchev–Trinajstić information content (AvgIpc) is 2.70. The lowest BCUT2D eigenvalue weighted by molar-refractivity contribution is 0.0916. The molecular formula is C20H25N3O3S. The second-order valence-corrected chi connectivity index (χ2v) is 8.86. The number of amides is 1. The molecule has 144 valence electrons. The number of hydrogen-bond donors (Lipinski definition) is 1. The molecule has 27 heavy (non-hydrogen) atoms. The van der Waals surface area contributed by atoms with Crippen LogP contribution in [0.1, 0.15) is 23.2 Å². The number of carbonyl (C=O) groups excluding carboxylic acids is 1. The van der Waals surface area contributed by atoms with Gasteiger partial charge in [-0.1, -0.05) is 24.3 Å². The Morgan fingerprint density at radius 2 is 1.74 bits per heavy atom. The highest BCUT2D eigenvalue weighted by Gasteiger charge is 2.23. The van der Waals surface area contributed by atoms with E-state index in [1.807, 2.05) is 6.07 Å². The second kappa shape index (κ2) is 8.10. The summed E-state index contributed by atoms with van der Waals surface area (Å²) in [5.41, 5.74) is 0.926. The van der Waals surface area contributed by atoms with Crippen molar-refractivity contribution < 1.29 is 13.2 Å². The van der Waals surface area contributed by atoms with Crippen LogP contribution in [0.25, 0.3) is 0 Å². The topological polar surface area (TPSA) is 69.7 Å². The maximum atomic E-state index is 12.9. The molecule has 0 saturated carbocycles. The molecule has 0 radical (unpaired) electrons. The van der Waals surface area contributed by atoms with Crippen molar-refractivity contribution in [3.8, 4) is 0 Å². The fourth-order valence-electron chi connectivity index (χ4n) is 3.15. The molecule has 1 aliphatic heterocycles. The van der Waals surface area contributed by atoms with E-state index in [0.717, 1.165) is 25.9 Å². The van der Waals surface area contributed by atoms with Crippen LogP contribution in [0.5, 0.6) is 0 Å². The van der Waals surface area contributed by atoms with Crippen LogP contribution in [0.15, 0.2) is 59.5 Å².